The zero-order valence-corrected chi connectivity index (χ0v) is 10.7. The lowest BCUT2D eigenvalue weighted by Gasteiger charge is -2.11. The lowest BCUT2D eigenvalue weighted by molar-refractivity contribution is -0.184. The quantitative estimate of drug-likeness (QED) is 0.511. The maximum absolute atomic E-state index is 10.4. The summed E-state index contributed by atoms with van der Waals surface area (Å²) < 4.78 is 0. The second-order valence-electron chi connectivity index (χ2n) is 1.51. The predicted molar refractivity (Wildman–Crippen MR) is 58.3 cm³/mol. The van der Waals surface area contributed by atoms with Crippen LogP contribution in [0.2, 0.25) is 0 Å². The Kier molecular flexibility index (Phi) is 11.1. The van der Waals surface area contributed by atoms with Gasteiger partial charge in [0.15, 0.2) is 0 Å². The van der Waals surface area contributed by atoms with Crippen molar-refractivity contribution in [3.8, 4) is 0 Å². The minimum atomic E-state index is -0.412. The van der Waals surface area contributed by atoms with Gasteiger partial charge in [0.05, 0.1) is 7.11 Å². The molecule has 0 bridgehead atoms. The van der Waals surface area contributed by atoms with Gasteiger partial charge in [-0.2, -0.15) is 5.06 Å². The lowest BCUT2D eigenvalue weighted by Crippen LogP contribution is -2.31. The molecular formula is C5H9I2NO3. The first-order valence-corrected chi connectivity index (χ1v) is 8.87. The summed E-state index contributed by atoms with van der Waals surface area (Å²) in [5.41, 5.74) is 0. The van der Waals surface area contributed by atoms with Crippen LogP contribution in [0.5, 0.6) is 0 Å². The lowest BCUT2D eigenvalue weighted by atomic mass is 10.6. The first-order valence-electron chi connectivity index (χ1n) is 2.59. The minimum absolute atomic E-state index is 0.412. The summed E-state index contributed by atoms with van der Waals surface area (Å²) in [6.07, 6.45) is 0. The summed E-state index contributed by atoms with van der Waals surface area (Å²) in [5, 5.41) is 0.681. The molecule has 0 aliphatic heterocycles. The fraction of sp³-hybridized carbons (Fsp3) is 0.600. The highest BCUT2D eigenvalue weighted by Crippen LogP contribution is 1.89. The normalized spacial score (nSPS) is 7.73. The molecule has 4 nitrogen and oxygen atoms in total. The number of nitrogens with zero attached hydrogens (tertiary/aromatic N) is 1. The van der Waals surface area contributed by atoms with Gasteiger partial charge in [-0.15, -0.1) is 0 Å². The van der Waals surface area contributed by atoms with Gasteiger partial charge < -0.3 is 0 Å². The summed E-state index contributed by atoms with van der Waals surface area (Å²) in [7, 11) is 1.27. The number of carbonyl (C=O) groups is 2. The molecule has 0 heterocycles. The standard InChI is InChI=1S/C5H9NO3.I2/c1-4(7)6(9-3)5(2)8;1-2/h1-3H3;. The summed E-state index contributed by atoms with van der Waals surface area (Å²) >= 11 is 4.24. The molecule has 0 aliphatic rings. The van der Waals surface area contributed by atoms with Gasteiger partial charge in [0.25, 0.3) is 0 Å². The van der Waals surface area contributed by atoms with Gasteiger partial charge in [-0.05, 0) is 0 Å². The van der Waals surface area contributed by atoms with Crippen LogP contribution in [-0.2, 0) is 14.4 Å². The van der Waals surface area contributed by atoms with E-state index in [0.717, 1.165) is 0 Å². The molecule has 0 unspecified atom stereocenters. The molecule has 0 spiro atoms. The summed E-state index contributed by atoms with van der Waals surface area (Å²) in [6.45, 7) is 2.51. The molecule has 0 radical (unpaired) electrons. The Morgan fingerprint density at radius 2 is 1.45 bits per heavy atom. The highest BCUT2D eigenvalue weighted by Gasteiger charge is 2.11. The van der Waals surface area contributed by atoms with Crippen LogP contribution in [0.15, 0.2) is 0 Å². The minimum Gasteiger partial charge on any atom is -0.272 e. The molecule has 0 atom stereocenters. The number of rotatable bonds is 1. The van der Waals surface area contributed by atoms with Crippen molar-refractivity contribution in [2.45, 2.75) is 13.8 Å². The highest BCUT2D eigenvalue weighted by atomic mass is 128. The van der Waals surface area contributed by atoms with E-state index in [4.69, 9.17) is 0 Å². The van der Waals surface area contributed by atoms with Crippen LogP contribution in [-0.4, -0.2) is 24.0 Å². The summed E-state index contributed by atoms with van der Waals surface area (Å²) in [6, 6.07) is 0. The zero-order valence-electron chi connectivity index (χ0n) is 6.43. The molecule has 0 aromatic carbocycles. The number of hydrogen-bond donors (Lipinski definition) is 0. The Balaban J connectivity index is 0. The second-order valence-corrected chi connectivity index (χ2v) is 1.51. The summed E-state index contributed by atoms with van der Waals surface area (Å²) in [5.74, 6) is -0.824. The molecule has 2 amide bonds. The van der Waals surface area contributed by atoms with E-state index in [2.05, 4.69) is 42.1 Å². The van der Waals surface area contributed by atoms with E-state index >= 15 is 0 Å². The number of amides is 2. The Morgan fingerprint density at radius 3 is 1.45 bits per heavy atom. The molecule has 0 aromatic heterocycles. The molecule has 0 N–H and O–H groups in total. The van der Waals surface area contributed by atoms with E-state index in [1.54, 1.807) is 0 Å². The smallest absolute Gasteiger partial charge is 0.250 e. The first-order chi connectivity index (χ1) is 5.09. The van der Waals surface area contributed by atoms with E-state index in [9.17, 15) is 9.59 Å². The molecule has 0 saturated heterocycles. The number of imide groups is 1. The third-order valence-electron chi connectivity index (χ3n) is 0.755. The molecule has 6 heteroatoms. The van der Waals surface area contributed by atoms with Crippen LogP contribution in [0.1, 0.15) is 13.8 Å². The van der Waals surface area contributed by atoms with Crippen molar-refractivity contribution >= 4 is 49.0 Å². The average molecular weight is 385 g/mol. The van der Waals surface area contributed by atoms with Gasteiger partial charge in [-0.25, -0.2) is 0 Å². The molecule has 11 heavy (non-hydrogen) atoms. The molecule has 66 valence electrons. The monoisotopic (exact) mass is 385 g/mol. The molecule has 0 rings (SSSR count). The van der Waals surface area contributed by atoms with Gasteiger partial charge in [-0.1, -0.05) is 0 Å². The van der Waals surface area contributed by atoms with Crippen molar-refractivity contribution in [2.75, 3.05) is 7.11 Å². The maximum atomic E-state index is 10.4. The van der Waals surface area contributed by atoms with Crippen LogP contribution < -0.4 is 0 Å². The Bertz CT molecular complexity index is 126. The van der Waals surface area contributed by atoms with E-state index < -0.39 is 11.8 Å². The van der Waals surface area contributed by atoms with Gasteiger partial charge >= 0.3 is 0 Å². The fourth-order valence-corrected chi connectivity index (χ4v) is 0.479. The zero-order chi connectivity index (χ0) is 9.44. The Hall–Kier alpha value is 0.560. The number of hydroxylamine groups is 2. The fourth-order valence-electron chi connectivity index (χ4n) is 0.479. The van der Waals surface area contributed by atoms with Gasteiger partial charge in [0, 0.05) is 51.1 Å². The van der Waals surface area contributed by atoms with Crippen LogP contribution in [0.3, 0.4) is 0 Å². The third-order valence-corrected chi connectivity index (χ3v) is 0.755. The third kappa shape index (κ3) is 6.94. The summed E-state index contributed by atoms with van der Waals surface area (Å²) in [4.78, 5) is 25.2. The average Bonchev–Trinajstić information content (AvgIpc) is 1.91. The van der Waals surface area contributed by atoms with Crippen molar-refractivity contribution in [1.82, 2.24) is 5.06 Å². The van der Waals surface area contributed by atoms with Crippen molar-refractivity contribution in [2.24, 2.45) is 0 Å². The van der Waals surface area contributed by atoms with Gasteiger partial charge in [0.2, 0.25) is 11.8 Å². The van der Waals surface area contributed by atoms with E-state index in [0.29, 0.717) is 5.06 Å². The van der Waals surface area contributed by atoms with Crippen LogP contribution in [0, 0.1) is 0 Å². The van der Waals surface area contributed by atoms with Crippen molar-refractivity contribution in [3.05, 3.63) is 0 Å². The maximum Gasteiger partial charge on any atom is 0.250 e. The van der Waals surface area contributed by atoms with E-state index in [-0.39, 0.29) is 0 Å². The molecule has 0 aromatic rings. The molecule has 0 fully saturated rings. The largest absolute Gasteiger partial charge is 0.272 e. The number of carbonyl (C=O) groups excluding carboxylic acids is 2. The number of halogens is 2. The van der Waals surface area contributed by atoms with Crippen LogP contribution in [0.4, 0.5) is 0 Å². The predicted octanol–water partition coefficient (Wildman–Crippen LogP) is 1.71. The molecule has 0 saturated carbocycles. The van der Waals surface area contributed by atoms with E-state index in [1.807, 2.05) is 0 Å². The van der Waals surface area contributed by atoms with Crippen molar-refractivity contribution < 1.29 is 14.4 Å². The Morgan fingerprint density at radius 1 is 1.18 bits per heavy atom. The van der Waals surface area contributed by atoms with Crippen LogP contribution >= 0.6 is 37.2 Å². The molecule has 0 aliphatic carbocycles. The highest BCUT2D eigenvalue weighted by molar-refractivity contribution is 15.0. The van der Waals surface area contributed by atoms with Gasteiger partial charge in [-0.3, -0.25) is 14.4 Å². The number of hydrogen-bond acceptors (Lipinski definition) is 3. The molecular weight excluding hydrogens is 376 g/mol. The topological polar surface area (TPSA) is 46.6 Å². The first kappa shape index (κ1) is 14.1. The van der Waals surface area contributed by atoms with Crippen molar-refractivity contribution in [1.29, 1.82) is 0 Å². The Labute approximate surface area is 88.9 Å². The van der Waals surface area contributed by atoms with E-state index in [1.165, 1.54) is 21.0 Å². The van der Waals surface area contributed by atoms with Gasteiger partial charge in [0.1, 0.15) is 0 Å². The van der Waals surface area contributed by atoms with Crippen molar-refractivity contribution in [3.63, 3.8) is 0 Å². The SMILES string of the molecule is CON(C(C)=O)C(C)=O.II. The van der Waals surface area contributed by atoms with Crippen LogP contribution in [0.25, 0.3) is 0 Å². The second kappa shape index (κ2) is 8.65.